The van der Waals surface area contributed by atoms with Crippen LogP contribution in [0.3, 0.4) is 0 Å². The van der Waals surface area contributed by atoms with Gasteiger partial charge in [0.2, 0.25) is 11.8 Å². The Kier molecular flexibility index (Phi) is 11.6. The standard InChI is InChI=1S/C19H32N4O4/c1-2-3-4-5-6-7-8-9-17(24)21-11-10-18(25)23-16(19(26)27)12-15-13-20-14-22-15/h13-14,16H,2-12H2,1H3,(H,20,22)(H,21,24)(H,23,25)(H,26,27)/t16-/m0/s1. The predicted molar refractivity (Wildman–Crippen MR) is 102 cm³/mol. The molecule has 1 atom stereocenters. The van der Waals surface area contributed by atoms with Crippen molar-refractivity contribution in [1.82, 2.24) is 20.6 Å². The molecule has 8 nitrogen and oxygen atoms in total. The second-order valence-electron chi connectivity index (χ2n) is 6.71. The number of H-pyrrole nitrogens is 1. The molecule has 0 spiro atoms. The maximum Gasteiger partial charge on any atom is 0.326 e. The lowest BCUT2D eigenvalue weighted by atomic mass is 10.1. The molecule has 0 radical (unpaired) electrons. The number of nitrogens with one attached hydrogen (secondary N) is 3. The Bertz CT molecular complexity index is 560. The summed E-state index contributed by atoms with van der Waals surface area (Å²) in [5.41, 5.74) is 0.630. The number of aliphatic carboxylic acids is 1. The van der Waals surface area contributed by atoms with E-state index in [9.17, 15) is 19.5 Å². The average molecular weight is 380 g/mol. The van der Waals surface area contributed by atoms with Crippen molar-refractivity contribution in [3.63, 3.8) is 0 Å². The summed E-state index contributed by atoms with van der Waals surface area (Å²) in [7, 11) is 0. The maximum atomic E-state index is 11.9. The fourth-order valence-electron chi connectivity index (χ4n) is 2.73. The third kappa shape index (κ3) is 11.0. The number of unbranched alkanes of at least 4 members (excludes halogenated alkanes) is 6. The number of imidazole rings is 1. The maximum absolute atomic E-state index is 11.9. The lowest BCUT2D eigenvalue weighted by Crippen LogP contribution is -2.43. The molecule has 0 saturated heterocycles. The molecule has 0 fully saturated rings. The van der Waals surface area contributed by atoms with Crippen LogP contribution in [-0.2, 0) is 20.8 Å². The normalized spacial score (nSPS) is 11.7. The molecule has 152 valence electrons. The monoisotopic (exact) mass is 380 g/mol. The van der Waals surface area contributed by atoms with E-state index in [-0.39, 0.29) is 25.3 Å². The number of amides is 2. The van der Waals surface area contributed by atoms with Gasteiger partial charge in [-0.3, -0.25) is 9.59 Å². The summed E-state index contributed by atoms with van der Waals surface area (Å²) >= 11 is 0. The minimum absolute atomic E-state index is 0.0511. The minimum atomic E-state index is -1.11. The molecule has 2 amide bonds. The smallest absolute Gasteiger partial charge is 0.326 e. The van der Waals surface area contributed by atoms with E-state index in [1.54, 1.807) is 0 Å². The molecule has 27 heavy (non-hydrogen) atoms. The van der Waals surface area contributed by atoms with E-state index in [0.29, 0.717) is 12.1 Å². The first kappa shape index (κ1) is 22.7. The van der Waals surface area contributed by atoms with Crippen LogP contribution < -0.4 is 10.6 Å². The average Bonchev–Trinajstić information content (AvgIpc) is 3.13. The lowest BCUT2D eigenvalue weighted by molar-refractivity contribution is -0.141. The highest BCUT2D eigenvalue weighted by atomic mass is 16.4. The highest BCUT2D eigenvalue weighted by molar-refractivity contribution is 5.84. The first-order valence-corrected chi connectivity index (χ1v) is 9.79. The second kappa shape index (κ2) is 13.8. The number of carboxylic acids is 1. The summed E-state index contributed by atoms with van der Waals surface area (Å²) in [6, 6.07) is -1.03. The van der Waals surface area contributed by atoms with Gasteiger partial charge in [-0.2, -0.15) is 0 Å². The highest BCUT2D eigenvalue weighted by Crippen LogP contribution is 2.08. The van der Waals surface area contributed by atoms with Gasteiger partial charge in [-0.1, -0.05) is 45.4 Å². The third-order valence-electron chi connectivity index (χ3n) is 4.29. The van der Waals surface area contributed by atoms with Crippen molar-refractivity contribution in [3.8, 4) is 0 Å². The van der Waals surface area contributed by atoms with Gasteiger partial charge in [-0.15, -0.1) is 0 Å². The molecule has 0 unspecified atom stereocenters. The summed E-state index contributed by atoms with van der Waals surface area (Å²) in [5.74, 6) is -1.58. The number of carboxylic acid groups (broad SMARTS) is 1. The summed E-state index contributed by atoms with van der Waals surface area (Å²) < 4.78 is 0. The van der Waals surface area contributed by atoms with E-state index in [1.807, 2.05) is 0 Å². The van der Waals surface area contributed by atoms with Gasteiger partial charge in [0.1, 0.15) is 6.04 Å². The van der Waals surface area contributed by atoms with E-state index in [2.05, 4.69) is 27.5 Å². The Morgan fingerprint density at radius 1 is 1.07 bits per heavy atom. The molecule has 0 aliphatic rings. The van der Waals surface area contributed by atoms with E-state index in [4.69, 9.17) is 0 Å². The SMILES string of the molecule is CCCCCCCCCC(=O)NCCC(=O)N[C@@H](Cc1cnc[nH]1)C(=O)O. The summed E-state index contributed by atoms with van der Waals surface area (Å²) in [5, 5.41) is 14.4. The van der Waals surface area contributed by atoms with Crippen molar-refractivity contribution in [2.75, 3.05) is 6.54 Å². The molecule has 0 aliphatic carbocycles. The topological polar surface area (TPSA) is 124 Å². The second-order valence-corrected chi connectivity index (χ2v) is 6.71. The van der Waals surface area contributed by atoms with Crippen LogP contribution >= 0.6 is 0 Å². The molecular weight excluding hydrogens is 348 g/mol. The van der Waals surface area contributed by atoms with Crippen LogP contribution in [0.2, 0.25) is 0 Å². The van der Waals surface area contributed by atoms with Crippen molar-refractivity contribution < 1.29 is 19.5 Å². The Morgan fingerprint density at radius 2 is 1.78 bits per heavy atom. The Balaban J connectivity index is 2.12. The quantitative estimate of drug-likeness (QED) is 0.347. The van der Waals surface area contributed by atoms with Crippen LogP contribution in [0.4, 0.5) is 0 Å². The van der Waals surface area contributed by atoms with Gasteiger partial charge in [-0.05, 0) is 6.42 Å². The van der Waals surface area contributed by atoms with Gasteiger partial charge in [0, 0.05) is 37.7 Å². The Hall–Kier alpha value is -2.38. The Labute approximate surface area is 160 Å². The molecule has 1 rings (SSSR count). The first-order valence-electron chi connectivity index (χ1n) is 9.79. The number of hydrogen-bond acceptors (Lipinski definition) is 4. The van der Waals surface area contributed by atoms with Crippen molar-refractivity contribution >= 4 is 17.8 Å². The zero-order valence-electron chi connectivity index (χ0n) is 16.1. The van der Waals surface area contributed by atoms with E-state index in [0.717, 1.165) is 19.3 Å². The van der Waals surface area contributed by atoms with Gasteiger partial charge < -0.3 is 20.7 Å². The fourth-order valence-corrected chi connectivity index (χ4v) is 2.73. The molecule has 1 aromatic heterocycles. The highest BCUT2D eigenvalue weighted by Gasteiger charge is 2.20. The Morgan fingerprint density at radius 3 is 2.41 bits per heavy atom. The third-order valence-corrected chi connectivity index (χ3v) is 4.29. The molecule has 1 aromatic rings. The van der Waals surface area contributed by atoms with Gasteiger partial charge in [0.05, 0.1) is 6.33 Å². The van der Waals surface area contributed by atoms with Crippen LogP contribution in [-0.4, -0.2) is 45.4 Å². The largest absolute Gasteiger partial charge is 0.480 e. The van der Waals surface area contributed by atoms with Crippen LogP contribution in [0.1, 0.15) is 70.4 Å². The minimum Gasteiger partial charge on any atom is -0.480 e. The lowest BCUT2D eigenvalue weighted by Gasteiger charge is -2.13. The molecule has 8 heteroatoms. The fraction of sp³-hybridized carbons (Fsp3) is 0.684. The zero-order valence-corrected chi connectivity index (χ0v) is 16.1. The first-order chi connectivity index (χ1) is 13.0. The van der Waals surface area contributed by atoms with Crippen LogP contribution in [0.15, 0.2) is 12.5 Å². The number of nitrogens with zero attached hydrogens (tertiary/aromatic N) is 1. The van der Waals surface area contributed by atoms with Crippen molar-refractivity contribution in [2.24, 2.45) is 0 Å². The van der Waals surface area contributed by atoms with Gasteiger partial charge in [0.15, 0.2) is 0 Å². The molecule has 0 bridgehead atoms. The number of aromatic amines is 1. The van der Waals surface area contributed by atoms with Crippen molar-refractivity contribution in [3.05, 3.63) is 18.2 Å². The molecule has 0 aromatic carbocycles. The molecule has 0 saturated carbocycles. The number of aromatic nitrogens is 2. The molecule has 1 heterocycles. The molecule has 4 N–H and O–H groups in total. The van der Waals surface area contributed by atoms with Gasteiger partial charge >= 0.3 is 5.97 Å². The summed E-state index contributed by atoms with van der Waals surface area (Å²) in [6.07, 6.45) is 11.7. The van der Waals surface area contributed by atoms with Crippen LogP contribution in [0, 0.1) is 0 Å². The number of carbonyl (C=O) groups is 3. The van der Waals surface area contributed by atoms with Crippen LogP contribution in [0.5, 0.6) is 0 Å². The number of hydrogen-bond donors (Lipinski definition) is 4. The van der Waals surface area contributed by atoms with Crippen LogP contribution in [0.25, 0.3) is 0 Å². The predicted octanol–water partition coefficient (Wildman–Crippen LogP) is 2.17. The van der Waals surface area contributed by atoms with E-state index < -0.39 is 17.9 Å². The van der Waals surface area contributed by atoms with E-state index in [1.165, 1.54) is 38.2 Å². The summed E-state index contributed by atoms with van der Waals surface area (Å²) in [4.78, 5) is 41.5. The van der Waals surface area contributed by atoms with E-state index >= 15 is 0 Å². The van der Waals surface area contributed by atoms with Crippen molar-refractivity contribution in [2.45, 2.75) is 77.2 Å². The van der Waals surface area contributed by atoms with Gasteiger partial charge in [-0.25, -0.2) is 9.78 Å². The molecule has 0 aliphatic heterocycles. The zero-order chi connectivity index (χ0) is 19.9. The van der Waals surface area contributed by atoms with Crippen molar-refractivity contribution in [1.29, 1.82) is 0 Å². The number of rotatable bonds is 15. The summed E-state index contributed by atoms with van der Waals surface area (Å²) in [6.45, 7) is 2.39. The van der Waals surface area contributed by atoms with Gasteiger partial charge in [0.25, 0.3) is 0 Å². The number of carbonyl (C=O) groups excluding carboxylic acids is 2. The molecular formula is C19H32N4O4.